The normalized spacial score (nSPS) is 20.0. The number of aromatic carboxylic acids is 1. The summed E-state index contributed by atoms with van der Waals surface area (Å²) in [5.41, 5.74) is -0.566. The molecular formula is C14H18F2N2O3. The fourth-order valence-electron chi connectivity index (χ4n) is 2.35. The van der Waals surface area contributed by atoms with Crippen LogP contribution in [0, 0.1) is 11.6 Å². The van der Waals surface area contributed by atoms with E-state index in [4.69, 9.17) is 9.84 Å². The predicted octanol–water partition coefficient (Wildman–Crippen LogP) is 1.84. The number of morpholine rings is 1. The number of nitrogens with one attached hydrogen (secondary N) is 2. The Morgan fingerprint density at radius 2 is 2.29 bits per heavy atom. The number of benzene rings is 1. The fourth-order valence-corrected chi connectivity index (χ4v) is 2.35. The second-order valence-electron chi connectivity index (χ2n) is 5.12. The topological polar surface area (TPSA) is 70.6 Å². The number of carboxylic acids is 1. The lowest BCUT2D eigenvalue weighted by molar-refractivity contribution is 0.0692. The number of hydrogen-bond donors (Lipinski definition) is 3. The van der Waals surface area contributed by atoms with E-state index >= 15 is 0 Å². The molecule has 1 aromatic rings. The van der Waals surface area contributed by atoms with Crippen LogP contribution in [-0.2, 0) is 4.74 Å². The molecule has 21 heavy (non-hydrogen) atoms. The molecule has 0 saturated carbocycles. The van der Waals surface area contributed by atoms with Crippen LogP contribution in [0.25, 0.3) is 0 Å². The van der Waals surface area contributed by atoms with Gasteiger partial charge in [0.1, 0.15) is 11.6 Å². The van der Waals surface area contributed by atoms with Crippen LogP contribution < -0.4 is 10.6 Å². The molecule has 1 aliphatic rings. The Hall–Kier alpha value is -1.73. The maximum absolute atomic E-state index is 13.7. The lowest BCUT2D eigenvalue weighted by Crippen LogP contribution is -2.43. The summed E-state index contributed by atoms with van der Waals surface area (Å²) >= 11 is 0. The third-order valence-corrected chi connectivity index (χ3v) is 3.33. The van der Waals surface area contributed by atoms with Crippen LogP contribution in [0.1, 0.15) is 23.7 Å². The van der Waals surface area contributed by atoms with Crippen molar-refractivity contribution in [2.24, 2.45) is 0 Å². The lowest BCUT2D eigenvalue weighted by Gasteiger charge is -2.27. The molecule has 0 spiro atoms. The Bertz CT molecular complexity index is 519. The third kappa shape index (κ3) is 4.12. The van der Waals surface area contributed by atoms with Gasteiger partial charge >= 0.3 is 5.97 Å². The molecule has 0 bridgehead atoms. The molecule has 2 atom stereocenters. The highest BCUT2D eigenvalue weighted by Gasteiger charge is 2.19. The van der Waals surface area contributed by atoms with E-state index < -0.39 is 23.2 Å². The van der Waals surface area contributed by atoms with Crippen LogP contribution in [0.2, 0.25) is 0 Å². The van der Waals surface area contributed by atoms with E-state index in [0.29, 0.717) is 25.7 Å². The number of anilines is 1. The second kappa shape index (κ2) is 6.82. The van der Waals surface area contributed by atoms with Crippen molar-refractivity contribution >= 4 is 11.7 Å². The second-order valence-corrected chi connectivity index (χ2v) is 5.12. The molecule has 0 aromatic heterocycles. The number of halogens is 2. The van der Waals surface area contributed by atoms with Crippen LogP contribution in [-0.4, -0.2) is 42.9 Å². The molecule has 3 N–H and O–H groups in total. The molecule has 1 fully saturated rings. The fraction of sp³-hybridized carbons (Fsp3) is 0.500. The number of rotatable bonds is 5. The summed E-state index contributed by atoms with van der Waals surface area (Å²) in [7, 11) is 0. The first-order valence-corrected chi connectivity index (χ1v) is 6.77. The summed E-state index contributed by atoms with van der Waals surface area (Å²) in [6.07, 6.45) is 0.680. The maximum atomic E-state index is 13.7. The van der Waals surface area contributed by atoms with E-state index in [-0.39, 0.29) is 17.8 Å². The average molecular weight is 300 g/mol. The lowest BCUT2D eigenvalue weighted by atomic mass is 10.1. The van der Waals surface area contributed by atoms with Gasteiger partial charge in [-0.25, -0.2) is 13.6 Å². The van der Waals surface area contributed by atoms with Crippen molar-refractivity contribution in [2.75, 3.05) is 25.1 Å². The maximum Gasteiger partial charge on any atom is 0.338 e. The molecule has 0 radical (unpaired) electrons. The van der Waals surface area contributed by atoms with Gasteiger partial charge in [-0.05, 0) is 19.4 Å². The van der Waals surface area contributed by atoms with E-state index in [1.807, 2.05) is 6.92 Å². The molecule has 2 unspecified atom stereocenters. The Morgan fingerprint density at radius 3 is 2.90 bits per heavy atom. The van der Waals surface area contributed by atoms with E-state index in [2.05, 4.69) is 10.6 Å². The van der Waals surface area contributed by atoms with E-state index in [1.165, 1.54) is 0 Å². The van der Waals surface area contributed by atoms with Gasteiger partial charge in [0.05, 0.1) is 24.5 Å². The zero-order chi connectivity index (χ0) is 15.4. The van der Waals surface area contributed by atoms with E-state index in [0.717, 1.165) is 12.6 Å². The van der Waals surface area contributed by atoms with Crippen molar-refractivity contribution in [3.05, 3.63) is 29.3 Å². The van der Waals surface area contributed by atoms with Crippen molar-refractivity contribution in [2.45, 2.75) is 25.4 Å². The SMILES string of the molecule is CC(CC1COCCN1)Nc1cc(C(=O)O)c(F)cc1F. The Morgan fingerprint density at radius 1 is 1.52 bits per heavy atom. The van der Waals surface area contributed by atoms with Gasteiger partial charge in [-0.1, -0.05) is 0 Å². The van der Waals surface area contributed by atoms with Gasteiger partial charge in [-0.15, -0.1) is 0 Å². The number of carbonyl (C=O) groups is 1. The van der Waals surface area contributed by atoms with Crippen molar-refractivity contribution in [3.63, 3.8) is 0 Å². The number of hydrogen-bond acceptors (Lipinski definition) is 4. The zero-order valence-corrected chi connectivity index (χ0v) is 11.7. The van der Waals surface area contributed by atoms with Gasteiger partial charge in [-0.3, -0.25) is 0 Å². The average Bonchev–Trinajstić information content (AvgIpc) is 2.42. The minimum atomic E-state index is -1.43. The molecule has 0 amide bonds. The molecule has 7 heteroatoms. The van der Waals surface area contributed by atoms with Crippen LogP contribution in [0.15, 0.2) is 12.1 Å². The highest BCUT2D eigenvalue weighted by molar-refractivity contribution is 5.89. The van der Waals surface area contributed by atoms with Crippen LogP contribution in [0.4, 0.5) is 14.5 Å². The summed E-state index contributed by atoms with van der Waals surface area (Å²) in [4.78, 5) is 10.9. The van der Waals surface area contributed by atoms with Crippen molar-refractivity contribution < 1.29 is 23.4 Å². The Labute approximate surface area is 121 Å². The molecule has 1 heterocycles. The number of carboxylic acid groups (broad SMARTS) is 1. The number of ether oxygens (including phenoxy) is 1. The minimum absolute atomic E-state index is 0.0157. The summed E-state index contributed by atoms with van der Waals surface area (Å²) in [6, 6.07) is 1.60. The molecule has 1 saturated heterocycles. The van der Waals surface area contributed by atoms with Crippen molar-refractivity contribution in [1.82, 2.24) is 5.32 Å². The predicted molar refractivity (Wildman–Crippen MR) is 73.6 cm³/mol. The van der Waals surface area contributed by atoms with E-state index in [1.54, 1.807) is 0 Å². The summed E-state index contributed by atoms with van der Waals surface area (Å²) < 4.78 is 32.3. The molecule has 2 rings (SSSR count). The highest BCUT2D eigenvalue weighted by atomic mass is 19.1. The Kier molecular flexibility index (Phi) is 5.08. The third-order valence-electron chi connectivity index (χ3n) is 3.33. The quantitative estimate of drug-likeness (QED) is 0.774. The van der Waals surface area contributed by atoms with Gasteiger partial charge in [-0.2, -0.15) is 0 Å². The van der Waals surface area contributed by atoms with Crippen LogP contribution in [0.5, 0.6) is 0 Å². The first-order chi connectivity index (χ1) is 9.97. The first-order valence-electron chi connectivity index (χ1n) is 6.77. The monoisotopic (exact) mass is 300 g/mol. The van der Waals surface area contributed by atoms with Gasteiger partial charge < -0.3 is 20.5 Å². The van der Waals surface area contributed by atoms with E-state index in [9.17, 15) is 13.6 Å². The molecule has 1 aromatic carbocycles. The zero-order valence-electron chi connectivity index (χ0n) is 11.7. The summed E-state index contributed by atoms with van der Waals surface area (Å²) in [5.74, 6) is -3.32. The van der Waals surface area contributed by atoms with Crippen molar-refractivity contribution in [3.8, 4) is 0 Å². The van der Waals surface area contributed by atoms with Crippen LogP contribution >= 0.6 is 0 Å². The van der Waals surface area contributed by atoms with Gasteiger partial charge in [0, 0.05) is 24.7 Å². The molecule has 1 aliphatic heterocycles. The molecule has 116 valence electrons. The molecule has 5 nitrogen and oxygen atoms in total. The largest absolute Gasteiger partial charge is 0.478 e. The minimum Gasteiger partial charge on any atom is -0.478 e. The van der Waals surface area contributed by atoms with Crippen LogP contribution in [0.3, 0.4) is 0 Å². The van der Waals surface area contributed by atoms with Crippen molar-refractivity contribution in [1.29, 1.82) is 0 Å². The Balaban J connectivity index is 2.04. The summed E-state index contributed by atoms with van der Waals surface area (Å²) in [6.45, 7) is 3.87. The standard InChI is InChI=1S/C14H18F2N2O3/c1-8(4-9-7-21-3-2-17-9)18-13-5-10(14(19)20)11(15)6-12(13)16/h5-6,8-9,17-18H,2-4,7H2,1H3,(H,19,20). The molecular weight excluding hydrogens is 282 g/mol. The molecule has 0 aliphatic carbocycles. The van der Waals surface area contributed by atoms with Gasteiger partial charge in [0.25, 0.3) is 0 Å². The smallest absolute Gasteiger partial charge is 0.338 e. The van der Waals surface area contributed by atoms with Gasteiger partial charge in [0.15, 0.2) is 0 Å². The highest BCUT2D eigenvalue weighted by Crippen LogP contribution is 2.21. The first kappa shape index (κ1) is 15.7. The summed E-state index contributed by atoms with van der Waals surface area (Å²) in [5, 5.41) is 15.0. The van der Waals surface area contributed by atoms with Gasteiger partial charge in [0.2, 0.25) is 0 Å².